The second-order valence-electron chi connectivity index (χ2n) is 5.68. The highest BCUT2D eigenvalue weighted by Crippen LogP contribution is 2.32. The number of piperidine rings is 1. The van der Waals surface area contributed by atoms with Gasteiger partial charge in [0.25, 0.3) is 5.91 Å². The number of nitrogens with one attached hydrogen (secondary N) is 1. The van der Waals surface area contributed by atoms with Gasteiger partial charge in [0, 0.05) is 19.5 Å². The molecule has 132 valence electrons. The van der Waals surface area contributed by atoms with E-state index in [1.165, 1.54) is 6.92 Å². The first-order chi connectivity index (χ1) is 11.3. The summed E-state index contributed by atoms with van der Waals surface area (Å²) >= 11 is 0. The largest absolute Gasteiger partial charge is 0.484 e. The Bertz CT molecular complexity index is 578. The zero-order valence-electron chi connectivity index (χ0n) is 13.2. The Balaban J connectivity index is 2.04. The second-order valence-corrected chi connectivity index (χ2v) is 5.68. The first-order valence-electron chi connectivity index (χ1n) is 7.58. The summed E-state index contributed by atoms with van der Waals surface area (Å²) in [7, 11) is 0. The minimum Gasteiger partial charge on any atom is -0.484 e. The highest BCUT2D eigenvalue weighted by Gasteiger charge is 2.48. The van der Waals surface area contributed by atoms with E-state index in [0.29, 0.717) is 5.75 Å². The topological polar surface area (TPSA) is 58.6 Å². The molecule has 2 amide bonds. The number of likely N-dealkylation sites (tertiary alicyclic amines) is 1. The molecular formula is C16H19F3N2O3. The molecule has 1 aromatic carbocycles. The van der Waals surface area contributed by atoms with Crippen molar-refractivity contribution in [1.82, 2.24) is 10.2 Å². The minimum atomic E-state index is -4.51. The number of ether oxygens (including phenoxy) is 1. The van der Waals surface area contributed by atoms with E-state index in [2.05, 4.69) is 5.32 Å². The lowest BCUT2D eigenvalue weighted by molar-refractivity contribution is -0.198. The van der Waals surface area contributed by atoms with Gasteiger partial charge in [-0.15, -0.1) is 0 Å². The van der Waals surface area contributed by atoms with Crippen molar-refractivity contribution in [1.29, 1.82) is 0 Å². The van der Waals surface area contributed by atoms with Crippen LogP contribution in [0.15, 0.2) is 30.3 Å². The van der Waals surface area contributed by atoms with Gasteiger partial charge in [0.15, 0.2) is 6.61 Å². The third-order valence-electron chi connectivity index (χ3n) is 3.79. The number of hydrogen-bond acceptors (Lipinski definition) is 3. The third-order valence-corrected chi connectivity index (χ3v) is 3.79. The maximum Gasteiger partial charge on any atom is 0.408 e. The summed E-state index contributed by atoms with van der Waals surface area (Å²) in [6, 6.07) is 6.06. The quantitative estimate of drug-likeness (QED) is 0.910. The van der Waals surface area contributed by atoms with Crippen LogP contribution in [0.3, 0.4) is 0 Å². The van der Waals surface area contributed by atoms with E-state index in [1.807, 2.05) is 0 Å². The van der Waals surface area contributed by atoms with Crippen LogP contribution in [-0.2, 0) is 9.59 Å². The van der Waals surface area contributed by atoms with Crippen LogP contribution in [0, 0.1) is 0 Å². The summed E-state index contributed by atoms with van der Waals surface area (Å²) in [4.78, 5) is 24.1. The molecule has 5 nitrogen and oxygen atoms in total. The van der Waals surface area contributed by atoms with E-state index in [-0.39, 0.29) is 25.3 Å². The monoisotopic (exact) mass is 344 g/mol. The van der Waals surface area contributed by atoms with Crippen molar-refractivity contribution in [2.75, 3.05) is 13.2 Å². The lowest BCUT2D eigenvalue weighted by Gasteiger charge is -2.40. The number of alkyl halides is 3. The lowest BCUT2D eigenvalue weighted by Crippen LogP contribution is -2.59. The third kappa shape index (κ3) is 4.87. The number of nitrogens with zero attached hydrogens (tertiary/aromatic N) is 1. The first kappa shape index (κ1) is 18.1. The van der Waals surface area contributed by atoms with Crippen molar-refractivity contribution in [3.63, 3.8) is 0 Å². The van der Waals surface area contributed by atoms with Gasteiger partial charge in [-0.1, -0.05) is 18.2 Å². The number of benzene rings is 1. The standard InChI is InChI=1S/C16H19F3N2O3/c1-11(22)20-12-7-8-14(16(17,18)19)21(9-12)15(23)10-24-13-5-3-2-4-6-13/h2-6,12,14H,7-10H2,1H3,(H,20,22). The van der Waals surface area contributed by atoms with Crippen molar-refractivity contribution in [3.8, 4) is 5.75 Å². The molecule has 2 atom stereocenters. The zero-order chi connectivity index (χ0) is 17.7. The molecule has 1 aliphatic rings. The van der Waals surface area contributed by atoms with Gasteiger partial charge in [-0.25, -0.2) is 0 Å². The smallest absolute Gasteiger partial charge is 0.408 e. The normalized spacial score (nSPS) is 21.2. The predicted octanol–water partition coefficient (Wildman–Crippen LogP) is 2.12. The fourth-order valence-electron chi connectivity index (χ4n) is 2.74. The van der Waals surface area contributed by atoms with E-state index in [9.17, 15) is 22.8 Å². The number of halogens is 3. The van der Waals surface area contributed by atoms with Gasteiger partial charge in [-0.3, -0.25) is 9.59 Å². The van der Waals surface area contributed by atoms with E-state index >= 15 is 0 Å². The molecule has 1 aliphatic heterocycles. The van der Waals surface area contributed by atoms with Crippen molar-refractivity contribution in [3.05, 3.63) is 30.3 Å². The molecule has 8 heteroatoms. The molecule has 1 heterocycles. The summed E-state index contributed by atoms with van der Waals surface area (Å²) < 4.78 is 44.8. The SMILES string of the molecule is CC(=O)NC1CCC(C(F)(F)F)N(C(=O)COc2ccccc2)C1. The van der Waals surface area contributed by atoms with Crippen LogP contribution in [0.1, 0.15) is 19.8 Å². The lowest BCUT2D eigenvalue weighted by atomic mass is 9.97. The number of carbonyl (C=O) groups is 2. The fraction of sp³-hybridized carbons (Fsp3) is 0.500. The Labute approximate surface area is 137 Å². The van der Waals surface area contributed by atoms with Crippen LogP contribution in [0.5, 0.6) is 5.75 Å². The summed E-state index contributed by atoms with van der Waals surface area (Å²) in [5, 5.41) is 2.57. The molecule has 1 N–H and O–H groups in total. The molecule has 1 fully saturated rings. The highest BCUT2D eigenvalue weighted by molar-refractivity contribution is 5.79. The Morgan fingerprint density at radius 2 is 1.92 bits per heavy atom. The van der Waals surface area contributed by atoms with Crippen molar-refractivity contribution in [2.24, 2.45) is 0 Å². The molecule has 0 aliphatic carbocycles. The van der Waals surface area contributed by atoms with Crippen LogP contribution >= 0.6 is 0 Å². The summed E-state index contributed by atoms with van der Waals surface area (Å²) in [6.45, 7) is 0.630. The van der Waals surface area contributed by atoms with Crippen LogP contribution in [0.25, 0.3) is 0 Å². The number of para-hydroxylation sites is 1. The Kier molecular flexibility index (Phi) is 5.69. The fourth-order valence-corrected chi connectivity index (χ4v) is 2.74. The number of carbonyl (C=O) groups excluding carboxylic acids is 2. The molecule has 0 saturated carbocycles. The first-order valence-corrected chi connectivity index (χ1v) is 7.58. The second kappa shape index (κ2) is 7.55. The van der Waals surface area contributed by atoms with Crippen molar-refractivity contribution < 1.29 is 27.5 Å². The van der Waals surface area contributed by atoms with E-state index in [0.717, 1.165) is 4.90 Å². The van der Waals surface area contributed by atoms with Gasteiger partial charge < -0.3 is 15.0 Å². The van der Waals surface area contributed by atoms with Gasteiger partial charge >= 0.3 is 6.18 Å². The molecular weight excluding hydrogens is 325 g/mol. The predicted molar refractivity (Wildman–Crippen MR) is 80.3 cm³/mol. The zero-order valence-corrected chi connectivity index (χ0v) is 13.2. The van der Waals surface area contributed by atoms with Gasteiger partial charge in [0.1, 0.15) is 11.8 Å². The maximum atomic E-state index is 13.2. The average Bonchev–Trinajstić information content (AvgIpc) is 2.52. The van der Waals surface area contributed by atoms with Crippen LogP contribution in [-0.4, -0.2) is 48.1 Å². The van der Waals surface area contributed by atoms with E-state index in [1.54, 1.807) is 30.3 Å². The van der Waals surface area contributed by atoms with Gasteiger partial charge in [0.2, 0.25) is 5.91 Å². The van der Waals surface area contributed by atoms with Crippen LogP contribution < -0.4 is 10.1 Å². The molecule has 1 aromatic rings. The molecule has 2 unspecified atom stereocenters. The summed E-state index contributed by atoms with van der Waals surface area (Å²) in [5.41, 5.74) is 0. The van der Waals surface area contributed by atoms with Gasteiger partial charge in [-0.05, 0) is 25.0 Å². The molecule has 0 radical (unpaired) electrons. The number of amides is 2. The molecule has 0 aromatic heterocycles. The molecule has 2 rings (SSSR count). The Morgan fingerprint density at radius 3 is 2.50 bits per heavy atom. The van der Waals surface area contributed by atoms with Crippen molar-refractivity contribution in [2.45, 2.75) is 38.0 Å². The van der Waals surface area contributed by atoms with Gasteiger partial charge in [-0.2, -0.15) is 13.2 Å². The average molecular weight is 344 g/mol. The van der Waals surface area contributed by atoms with E-state index in [4.69, 9.17) is 4.74 Å². The molecule has 24 heavy (non-hydrogen) atoms. The Morgan fingerprint density at radius 1 is 1.25 bits per heavy atom. The molecule has 0 bridgehead atoms. The highest BCUT2D eigenvalue weighted by atomic mass is 19.4. The number of rotatable bonds is 4. The van der Waals surface area contributed by atoms with Crippen LogP contribution in [0.4, 0.5) is 13.2 Å². The van der Waals surface area contributed by atoms with Crippen LogP contribution in [0.2, 0.25) is 0 Å². The minimum absolute atomic E-state index is 0.174. The molecule has 0 spiro atoms. The maximum absolute atomic E-state index is 13.2. The van der Waals surface area contributed by atoms with Crippen molar-refractivity contribution >= 4 is 11.8 Å². The van der Waals surface area contributed by atoms with Gasteiger partial charge in [0.05, 0.1) is 0 Å². The summed E-state index contributed by atoms with van der Waals surface area (Å²) in [6.07, 6.45) is -4.58. The van der Waals surface area contributed by atoms with E-state index < -0.39 is 30.8 Å². The molecule has 1 saturated heterocycles. The Hall–Kier alpha value is -2.25. The number of hydrogen-bond donors (Lipinski definition) is 1. The summed E-state index contributed by atoms with van der Waals surface area (Å²) in [5.74, 6) is -0.681.